The second kappa shape index (κ2) is 8.42. The van der Waals surface area contributed by atoms with E-state index in [9.17, 15) is 19.7 Å². The maximum absolute atomic E-state index is 12.7. The van der Waals surface area contributed by atoms with Gasteiger partial charge in [-0.3, -0.25) is 19.7 Å². The van der Waals surface area contributed by atoms with E-state index in [1.807, 2.05) is 0 Å². The zero-order valence-electron chi connectivity index (χ0n) is 13.7. The number of rotatable bonds is 6. The Balaban J connectivity index is 2.21. The van der Waals surface area contributed by atoms with Gasteiger partial charge in [0.25, 0.3) is 5.69 Å². The normalized spacial score (nSPS) is 16.2. The van der Waals surface area contributed by atoms with E-state index in [1.165, 1.54) is 18.2 Å². The van der Waals surface area contributed by atoms with Crippen LogP contribution in [0.5, 0.6) is 0 Å². The van der Waals surface area contributed by atoms with Crippen molar-refractivity contribution in [2.45, 2.75) is 39.0 Å². The third-order valence-corrected chi connectivity index (χ3v) is 4.30. The lowest BCUT2D eigenvalue weighted by Gasteiger charge is -2.27. The van der Waals surface area contributed by atoms with E-state index in [1.54, 1.807) is 13.0 Å². The Morgan fingerprint density at radius 2 is 1.96 bits per heavy atom. The van der Waals surface area contributed by atoms with Crippen molar-refractivity contribution in [3.8, 4) is 0 Å². The summed E-state index contributed by atoms with van der Waals surface area (Å²) in [7, 11) is 0. The zero-order valence-corrected chi connectivity index (χ0v) is 13.7. The van der Waals surface area contributed by atoms with Crippen molar-refractivity contribution in [2.75, 3.05) is 11.9 Å². The van der Waals surface area contributed by atoms with Gasteiger partial charge in [0.2, 0.25) is 5.91 Å². The third kappa shape index (κ3) is 4.31. The highest BCUT2D eigenvalue weighted by atomic mass is 16.6. The van der Waals surface area contributed by atoms with Gasteiger partial charge in [0.1, 0.15) is 11.6 Å². The van der Waals surface area contributed by atoms with Gasteiger partial charge in [-0.25, -0.2) is 0 Å². The summed E-state index contributed by atoms with van der Waals surface area (Å²) in [6.45, 7) is 1.89. The summed E-state index contributed by atoms with van der Waals surface area (Å²) in [6, 6.07) is 5.90. The number of hydrogen-bond acceptors (Lipinski definition) is 5. The SMILES string of the molecule is CCOC(=O)[C@@H](C(=O)Nc1ccccc1[N+](=O)[O-])C1CCCCC1. The average molecular weight is 334 g/mol. The van der Waals surface area contributed by atoms with E-state index in [0.717, 1.165) is 32.1 Å². The Morgan fingerprint density at radius 1 is 1.29 bits per heavy atom. The molecule has 1 N–H and O–H groups in total. The summed E-state index contributed by atoms with van der Waals surface area (Å²) >= 11 is 0. The van der Waals surface area contributed by atoms with Crippen molar-refractivity contribution in [2.24, 2.45) is 11.8 Å². The van der Waals surface area contributed by atoms with Crippen LogP contribution in [0, 0.1) is 22.0 Å². The number of hydrogen-bond donors (Lipinski definition) is 1. The third-order valence-electron chi connectivity index (χ3n) is 4.30. The van der Waals surface area contributed by atoms with E-state index >= 15 is 0 Å². The summed E-state index contributed by atoms with van der Waals surface area (Å²) < 4.78 is 5.06. The first-order valence-corrected chi connectivity index (χ1v) is 8.25. The van der Waals surface area contributed by atoms with Crippen molar-refractivity contribution in [3.63, 3.8) is 0 Å². The van der Waals surface area contributed by atoms with Gasteiger partial charge in [-0.15, -0.1) is 0 Å². The van der Waals surface area contributed by atoms with Crippen LogP contribution in [0.3, 0.4) is 0 Å². The predicted molar refractivity (Wildman–Crippen MR) is 88.4 cm³/mol. The molecule has 1 atom stereocenters. The summed E-state index contributed by atoms with van der Waals surface area (Å²) in [5.74, 6) is -2.10. The van der Waals surface area contributed by atoms with Crippen LogP contribution in [0.4, 0.5) is 11.4 Å². The van der Waals surface area contributed by atoms with E-state index in [-0.39, 0.29) is 23.9 Å². The van der Waals surface area contributed by atoms with Gasteiger partial charge in [0, 0.05) is 6.07 Å². The fourth-order valence-corrected chi connectivity index (χ4v) is 3.16. The van der Waals surface area contributed by atoms with Crippen LogP contribution in [0.1, 0.15) is 39.0 Å². The molecule has 0 aromatic heterocycles. The van der Waals surface area contributed by atoms with E-state index in [0.29, 0.717) is 0 Å². The number of nitrogens with one attached hydrogen (secondary N) is 1. The molecular formula is C17H22N2O5. The van der Waals surface area contributed by atoms with Gasteiger partial charge in [-0.2, -0.15) is 0 Å². The molecule has 0 aliphatic heterocycles. The van der Waals surface area contributed by atoms with Crippen LogP contribution >= 0.6 is 0 Å². The van der Waals surface area contributed by atoms with Gasteiger partial charge in [0.15, 0.2) is 0 Å². The molecule has 1 amide bonds. The molecule has 1 saturated carbocycles. The van der Waals surface area contributed by atoms with Crippen LogP contribution in [-0.2, 0) is 14.3 Å². The van der Waals surface area contributed by atoms with Crippen molar-refractivity contribution < 1.29 is 19.2 Å². The molecule has 0 spiro atoms. The van der Waals surface area contributed by atoms with Gasteiger partial charge in [-0.05, 0) is 31.7 Å². The highest BCUT2D eigenvalue weighted by molar-refractivity contribution is 6.05. The number of para-hydroxylation sites is 2. The topological polar surface area (TPSA) is 98.5 Å². The van der Waals surface area contributed by atoms with Gasteiger partial charge in [0.05, 0.1) is 11.5 Å². The molecule has 0 saturated heterocycles. The molecule has 2 rings (SSSR count). The minimum Gasteiger partial charge on any atom is -0.465 e. The van der Waals surface area contributed by atoms with Crippen molar-refractivity contribution in [3.05, 3.63) is 34.4 Å². The standard InChI is InChI=1S/C17H22N2O5/c1-2-24-17(21)15(12-8-4-3-5-9-12)16(20)18-13-10-6-7-11-14(13)19(22)23/h6-7,10-12,15H,2-5,8-9H2,1H3,(H,18,20)/t15-/m1/s1. The van der Waals surface area contributed by atoms with Crippen molar-refractivity contribution >= 4 is 23.3 Å². The number of anilines is 1. The summed E-state index contributed by atoms with van der Waals surface area (Å²) in [5, 5.41) is 13.6. The highest BCUT2D eigenvalue weighted by Crippen LogP contribution is 2.32. The minimum atomic E-state index is -0.926. The Hall–Kier alpha value is -2.44. The lowest BCUT2D eigenvalue weighted by atomic mass is 9.79. The highest BCUT2D eigenvalue weighted by Gasteiger charge is 2.37. The minimum absolute atomic E-state index is 0.0828. The van der Waals surface area contributed by atoms with E-state index < -0.39 is 22.7 Å². The monoisotopic (exact) mass is 334 g/mol. The molecule has 24 heavy (non-hydrogen) atoms. The first-order chi connectivity index (χ1) is 11.5. The predicted octanol–water partition coefficient (Wildman–Crippen LogP) is 3.29. The van der Waals surface area contributed by atoms with Crippen LogP contribution < -0.4 is 5.32 Å². The number of carbonyl (C=O) groups excluding carboxylic acids is 2. The maximum atomic E-state index is 12.7. The number of nitro groups is 1. The number of benzene rings is 1. The fourth-order valence-electron chi connectivity index (χ4n) is 3.16. The number of ether oxygens (including phenoxy) is 1. The molecule has 0 radical (unpaired) electrons. The summed E-state index contributed by atoms with van der Waals surface area (Å²) in [6.07, 6.45) is 4.61. The van der Waals surface area contributed by atoms with E-state index in [2.05, 4.69) is 5.32 Å². The molecule has 130 valence electrons. The maximum Gasteiger partial charge on any atom is 0.318 e. The quantitative estimate of drug-likeness (QED) is 0.372. The van der Waals surface area contributed by atoms with Gasteiger partial charge >= 0.3 is 5.97 Å². The molecule has 0 bridgehead atoms. The van der Waals surface area contributed by atoms with Gasteiger partial charge < -0.3 is 10.1 Å². The molecule has 0 unspecified atom stereocenters. The average Bonchev–Trinajstić information content (AvgIpc) is 2.56. The lowest BCUT2D eigenvalue weighted by Crippen LogP contribution is -2.38. The molecular weight excluding hydrogens is 312 g/mol. The summed E-state index contributed by atoms with van der Waals surface area (Å²) in [4.78, 5) is 35.5. The van der Waals surface area contributed by atoms with Crippen molar-refractivity contribution in [1.29, 1.82) is 0 Å². The molecule has 0 heterocycles. The lowest BCUT2D eigenvalue weighted by molar-refractivity contribution is -0.383. The van der Waals surface area contributed by atoms with Crippen LogP contribution in [0.2, 0.25) is 0 Å². The molecule has 1 fully saturated rings. The number of nitrogens with zero attached hydrogens (tertiary/aromatic N) is 1. The Morgan fingerprint density at radius 3 is 2.58 bits per heavy atom. The van der Waals surface area contributed by atoms with Crippen molar-refractivity contribution in [1.82, 2.24) is 0 Å². The number of amides is 1. The molecule has 1 aromatic rings. The summed E-state index contributed by atoms with van der Waals surface area (Å²) in [5.41, 5.74) is -0.102. The van der Waals surface area contributed by atoms with Gasteiger partial charge in [-0.1, -0.05) is 31.4 Å². The number of carbonyl (C=O) groups is 2. The Bertz CT molecular complexity index is 611. The second-order valence-corrected chi connectivity index (χ2v) is 5.89. The molecule has 7 heteroatoms. The number of esters is 1. The zero-order chi connectivity index (χ0) is 17.5. The smallest absolute Gasteiger partial charge is 0.318 e. The Kier molecular flexibility index (Phi) is 6.28. The van der Waals surface area contributed by atoms with Crippen LogP contribution in [0.25, 0.3) is 0 Å². The first kappa shape index (κ1) is 17.9. The van der Waals surface area contributed by atoms with Crippen LogP contribution in [-0.4, -0.2) is 23.4 Å². The second-order valence-electron chi connectivity index (χ2n) is 5.89. The molecule has 1 aliphatic carbocycles. The largest absolute Gasteiger partial charge is 0.465 e. The van der Waals surface area contributed by atoms with E-state index in [4.69, 9.17) is 4.74 Å². The molecule has 1 aliphatic rings. The number of nitro benzene ring substituents is 1. The molecule has 1 aromatic carbocycles. The fraction of sp³-hybridized carbons (Fsp3) is 0.529. The first-order valence-electron chi connectivity index (χ1n) is 8.25. The molecule has 7 nitrogen and oxygen atoms in total. The Labute approximate surface area is 140 Å². The van der Waals surface area contributed by atoms with Crippen LogP contribution in [0.15, 0.2) is 24.3 Å².